The molecule has 0 rings (SSSR count). The molecular formula is C33H65NO4. The SMILES string of the molecule is CCCCCCCCCCCCCCCCCCOC(=O)CC(NCCCCCCCCCCC)C(=O)O. The Morgan fingerprint density at radius 2 is 0.895 bits per heavy atom. The smallest absolute Gasteiger partial charge is 0.321 e. The first-order valence-electron chi connectivity index (χ1n) is 16.7. The topological polar surface area (TPSA) is 75.6 Å². The number of hydrogen-bond acceptors (Lipinski definition) is 4. The second-order valence-electron chi connectivity index (χ2n) is 11.4. The first-order valence-corrected chi connectivity index (χ1v) is 16.7. The van der Waals surface area contributed by atoms with Crippen LogP contribution in [0, 0.1) is 0 Å². The summed E-state index contributed by atoms with van der Waals surface area (Å²) in [7, 11) is 0. The van der Waals surface area contributed by atoms with E-state index >= 15 is 0 Å². The van der Waals surface area contributed by atoms with Gasteiger partial charge in [-0.2, -0.15) is 0 Å². The molecule has 226 valence electrons. The first kappa shape index (κ1) is 36.9. The molecule has 0 radical (unpaired) electrons. The molecule has 0 heterocycles. The summed E-state index contributed by atoms with van der Waals surface area (Å²) < 4.78 is 5.30. The lowest BCUT2D eigenvalue weighted by atomic mass is 10.0. The molecule has 0 spiro atoms. The molecule has 0 aromatic rings. The van der Waals surface area contributed by atoms with Crippen LogP contribution in [0.4, 0.5) is 0 Å². The fraction of sp³-hybridized carbons (Fsp3) is 0.939. The van der Waals surface area contributed by atoms with Gasteiger partial charge in [-0.15, -0.1) is 0 Å². The number of rotatable bonds is 31. The van der Waals surface area contributed by atoms with Crippen molar-refractivity contribution >= 4 is 11.9 Å². The van der Waals surface area contributed by atoms with E-state index in [0.717, 1.165) is 25.7 Å². The predicted octanol–water partition coefficient (Wildman–Crippen LogP) is 9.75. The van der Waals surface area contributed by atoms with E-state index in [4.69, 9.17) is 4.74 Å². The minimum Gasteiger partial charge on any atom is -0.480 e. The standard InChI is InChI=1S/C33H65NO4/c1-3-5-7-9-11-13-14-15-16-17-18-19-21-23-25-27-29-38-32(35)30-31(33(36)37)34-28-26-24-22-20-12-10-8-6-4-2/h31,34H,3-30H2,1-2H3,(H,36,37). The summed E-state index contributed by atoms with van der Waals surface area (Å²) in [6.45, 7) is 5.55. The molecule has 0 aliphatic carbocycles. The van der Waals surface area contributed by atoms with Crippen molar-refractivity contribution in [3.8, 4) is 0 Å². The molecule has 0 amide bonds. The molecule has 2 N–H and O–H groups in total. The van der Waals surface area contributed by atoms with Crippen LogP contribution in [0.5, 0.6) is 0 Å². The van der Waals surface area contributed by atoms with Crippen molar-refractivity contribution in [2.75, 3.05) is 13.2 Å². The van der Waals surface area contributed by atoms with Gasteiger partial charge >= 0.3 is 11.9 Å². The monoisotopic (exact) mass is 539 g/mol. The fourth-order valence-electron chi connectivity index (χ4n) is 5.02. The van der Waals surface area contributed by atoms with Gasteiger partial charge in [0.1, 0.15) is 6.04 Å². The van der Waals surface area contributed by atoms with Crippen molar-refractivity contribution in [2.24, 2.45) is 0 Å². The maximum atomic E-state index is 12.1. The Morgan fingerprint density at radius 1 is 0.553 bits per heavy atom. The quantitative estimate of drug-likeness (QED) is 0.0677. The number of nitrogens with one attached hydrogen (secondary N) is 1. The van der Waals surface area contributed by atoms with Crippen molar-refractivity contribution < 1.29 is 19.4 Å². The van der Waals surface area contributed by atoms with Crippen LogP contribution in [0.25, 0.3) is 0 Å². The first-order chi connectivity index (χ1) is 18.6. The Kier molecular flexibility index (Phi) is 29.6. The third kappa shape index (κ3) is 27.9. The Labute approximate surface area is 236 Å². The van der Waals surface area contributed by atoms with Gasteiger partial charge in [-0.05, 0) is 19.4 Å². The van der Waals surface area contributed by atoms with E-state index in [2.05, 4.69) is 19.2 Å². The van der Waals surface area contributed by atoms with Crippen molar-refractivity contribution in [1.82, 2.24) is 5.32 Å². The van der Waals surface area contributed by atoms with E-state index < -0.39 is 18.0 Å². The largest absolute Gasteiger partial charge is 0.480 e. The maximum absolute atomic E-state index is 12.1. The summed E-state index contributed by atoms with van der Waals surface area (Å²) in [4.78, 5) is 23.6. The van der Waals surface area contributed by atoms with E-state index in [9.17, 15) is 14.7 Å². The lowest BCUT2D eigenvalue weighted by Crippen LogP contribution is -2.39. The second-order valence-corrected chi connectivity index (χ2v) is 11.4. The molecule has 0 bridgehead atoms. The van der Waals surface area contributed by atoms with Crippen molar-refractivity contribution in [3.63, 3.8) is 0 Å². The van der Waals surface area contributed by atoms with Crippen molar-refractivity contribution in [2.45, 2.75) is 187 Å². The number of carboxylic acids is 1. The molecule has 0 aromatic carbocycles. The summed E-state index contributed by atoms with van der Waals surface area (Å²) >= 11 is 0. The number of carbonyl (C=O) groups excluding carboxylic acids is 1. The number of esters is 1. The highest BCUT2D eigenvalue weighted by molar-refractivity contribution is 5.81. The zero-order chi connectivity index (χ0) is 27.9. The minimum absolute atomic E-state index is 0.0916. The number of carboxylic acid groups (broad SMARTS) is 1. The molecule has 1 atom stereocenters. The van der Waals surface area contributed by atoms with Gasteiger partial charge in [-0.1, -0.05) is 162 Å². The Hall–Kier alpha value is -1.10. The van der Waals surface area contributed by atoms with Crippen LogP contribution < -0.4 is 5.32 Å². The lowest BCUT2D eigenvalue weighted by molar-refractivity contribution is -0.149. The molecule has 5 nitrogen and oxygen atoms in total. The molecule has 0 saturated carbocycles. The van der Waals surface area contributed by atoms with Gasteiger partial charge in [-0.25, -0.2) is 0 Å². The van der Waals surface area contributed by atoms with Crippen LogP contribution in [-0.2, 0) is 14.3 Å². The average Bonchev–Trinajstić information content (AvgIpc) is 2.90. The maximum Gasteiger partial charge on any atom is 0.321 e. The van der Waals surface area contributed by atoms with Gasteiger partial charge in [0.25, 0.3) is 0 Å². The second kappa shape index (κ2) is 30.4. The van der Waals surface area contributed by atoms with Gasteiger partial charge in [0.15, 0.2) is 0 Å². The Bertz CT molecular complexity index is 511. The van der Waals surface area contributed by atoms with E-state index in [-0.39, 0.29) is 6.42 Å². The predicted molar refractivity (Wildman–Crippen MR) is 162 cm³/mol. The van der Waals surface area contributed by atoms with E-state index in [0.29, 0.717) is 13.2 Å². The van der Waals surface area contributed by atoms with Crippen LogP contribution in [0.2, 0.25) is 0 Å². The number of hydrogen-bond donors (Lipinski definition) is 2. The van der Waals surface area contributed by atoms with Gasteiger partial charge in [-0.3, -0.25) is 9.59 Å². The third-order valence-electron chi connectivity index (χ3n) is 7.60. The highest BCUT2D eigenvalue weighted by atomic mass is 16.5. The number of aliphatic carboxylic acids is 1. The summed E-state index contributed by atoms with van der Waals surface area (Å²) in [6.07, 6.45) is 32.0. The molecule has 0 aliphatic rings. The summed E-state index contributed by atoms with van der Waals surface area (Å²) in [6, 6.07) is -0.845. The van der Waals surface area contributed by atoms with Crippen LogP contribution in [0.1, 0.15) is 181 Å². The van der Waals surface area contributed by atoms with Crippen LogP contribution in [-0.4, -0.2) is 36.2 Å². The summed E-state index contributed by atoms with van der Waals surface area (Å²) in [5.74, 6) is -1.38. The zero-order valence-corrected chi connectivity index (χ0v) is 25.5. The fourth-order valence-corrected chi connectivity index (χ4v) is 5.02. The third-order valence-corrected chi connectivity index (χ3v) is 7.60. The molecule has 5 heteroatoms. The minimum atomic E-state index is -0.972. The Balaban J connectivity index is 3.50. The molecule has 1 unspecified atom stereocenters. The van der Waals surface area contributed by atoms with Gasteiger partial charge < -0.3 is 15.2 Å². The van der Waals surface area contributed by atoms with Crippen molar-refractivity contribution in [1.29, 1.82) is 0 Å². The van der Waals surface area contributed by atoms with Gasteiger partial charge in [0.2, 0.25) is 0 Å². The van der Waals surface area contributed by atoms with Crippen LogP contribution in [0.3, 0.4) is 0 Å². The summed E-state index contributed by atoms with van der Waals surface area (Å²) in [5, 5.41) is 12.4. The van der Waals surface area contributed by atoms with E-state index in [1.165, 1.54) is 135 Å². The molecule has 0 fully saturated rings. The van der Waals surface area contributed by atoms with Gasteiger partial charge in [0, 0.05) is 0 Å². The zero-order valence-electron chi connectivity index (χ0n) is 25.5. The number of unbranched alkanes of at least 4 members (excludes halogenated alkanes) is 23. The normalized spacial score (nSPS) is 12.1. The van der Waals surface area contributed by atoms with Crippen LogP contribution in [0.15, 0.2) is 0 Å². The number of carbonyl (C=O) groups is 2. The highest BCUT2D eigenvalue weighted by Crippen LogP contribution is 2.14. The lowest BCUT2D eigenvalue weighted by Gasteiger charge is -2.14. The van der Waals surface area contributed by atoms with Crippen molar-refractivity contribution in [3.05, 3.63) is 0 Å². The molecular weight excluding hydrogens is 474 g/mol. The van der Waals surface area contributed by atoms with E-state index in [1.54, 1.807) is 0 Å². The molecule has 38 heavy (non-hydrogen) atoms. The summed E-state index contributed by atoms with van der Waals surface area (Å²) in [5.41, 5.74) is 0. The molecule has 0 aromatic heterocycles. The molecule has 0 aliphatic heterocycles. The van der Waals surface area contributed by atoms with Gasteiger partial charge in [0.05, 0.1) is 13.0 Å². The Morgan fingerprint density at radius 3 is 1.26 bits per heavy atom. The average molecular weight is 540 g/mol. The van der Waals surface area contributed by atoms with Crippen LogP contribution >= 0.6 is 0 Å². The number of ether oxygens (including phenoxy) is 1. The highest BCUT2D eigenvalue weighted by Gasteiger charge is 2.21. The van der Waals surface area contributed by atoms with E-state index in [1.807, 2.05) is 0 Å². The molecule has 0 saturated heterocycles.